The maximum absolute atomic E-state index is 12.9. The second-order valence-electron chi connectivity index (χ2n) is 6.06. The van der Waals surface area contributed by atoms with E-state index in [1.54, 1.807) is 18.5 Å². The van der Waals surface area contributed by atoms with Gasteiger partial charge in [0.05, 0.1) is 23.4 Å². The molecule has 2 aromatic heterocycles. The van der Waals surface area contributed by atoms with Crippen molar-refractivity contribution in [1.29, 1.82) is 0 Å². The molecular formula is C20H20BrN3O2. The molecule has 134 valence electrons. The fourth-order valence-electron chi connectivity index (χ4n) is 2.59. The Labute approximate surface area is 160 Å². The first-order valence-corrected chi connectivity index (χ1v) is 9.35. The monoisotopic (exact) mass is 413 g/mol. The summed E-state index contributed by atoms with van der Waals surface area (Å²) in [7, 11) is 0. The van der Waals surface area contributed by atoms with Gasteiger partial charge >= 0.3 is 0 Å². The number of fused-ring (bicyclic) bond motifs is 1. The van der Waals surface area contributed by atoms with Crippen molar-refractivity contribution >= 4 is 39.1 Å². The summed E-state index contributed by atoms with van der Waals surface area (Å²) in [6.07, 6.45) is 7.82. The van der Waals surface area contributed by atoms with Crippen molar-refractivity contribution < 1.29 is 4.42 Å². The molecule has 0 atom stereocenters. The number of allylic oxidation sites excluding steroid dienone is 1. The third-order valence-corrected chi connectivity index (χ3v) is 4.41. The van der Waals surface area contributed by atoms with Gasteiger partial charge in [0.25, 0.3) is 5.56 Å². The molecule has 3 rings (SSSR count). The number of nitrogens with zero attached hydrogens (tertiary/aromatic N) is 3. The number of hydrogen-bond acceptors (Lipinski definition) is 4. The zero-order valence-electron chi connectivity index (χ0n) is 14.8. The van der Waals surface area contributed by atoms with E-state index in [2.05, 4.69) is 32.9 Å². The van der Waals surface area contributed by atoms with Crippen LogP contribution in [0.3, 0.4) is 0 Å². The van der Waals surface area contributed by atoms with Crippen LogP contribution in [-0.4, -0.2) is 15.9 Å². The predicted octanol–water partition coefficient (Wildman–Crippen LogP) is 5.03. The van der Waals surface area contributed by atoms with Crippen LogP contribution in [0.4, 0.5) is 0 Å². The van der Waals surface area contributed by atoms with Gasteiger partial charge in [0, 0.05) is 10.9 Å². The van der Waals surface area contributed by atoms with Gasteiger partial charge in [-0.3, -0.25) is 4.79 Å². The number of aromatic nitrogens is 2. The maximum Gasteiger partial charge on any atom is 0.282 e. The Bertz CT molecular complexity index is 1020. The number of halogens is 1. The molecule has 1 aromatic carbocycles. The first-order valence-electron chi connectivity index (χ1n) is 8.56. The van der Waals surface area contributed by atoms with E-state index in [4.69, 9.17) is 4.42 Å². The molecule has 0 aliphatic carbocycles. The number of unbranched alkanes of at least 4 members (excludes halogenated alkanes) is 1. The van der Waals surface area contributed by atoms with Crippen LogP contribution in [0, 0.1) is 0 Å². The normalized spacial score (nSPS) is 12.3. The zero-order valence-corrected chi connectivity index (χ0v) is 16.4. The highest BCUT2D eigenvalue weighted by atomic mass is 79.9. The van der Waals surface area contributed by atoms with Gasteiger partial charge < -0.3 is 4.42 Å². The fraction of sp³-hybridized carbons (Fsp3) is 0.250. The Balaban J connectivity index is 2.05. The first-order chi connectivity index (χ1) is 12.6. The lowest BCUT2D eigenvalue weighted by Crippen LogP contribution is -2.22. The van der Waals surface area contributed by atoms with Gasteiger partial charge in [-0.2, -0.15) is 9.78 Å². The molecule has 0 aliphatic rings. The van der Waals surface area contributed by atoms with Gasteiger partial charge in [-0.05, 0) is 55.3 Å². The molecule has 0 spiro atoms. The highest BCUT2D eigenvalue weighted by Gasteiger charge is 2.10. The minimum atomic E-state index is -0.163. The molecule has 0 fully saturated rings. The van der Waals surface area contributed by atoms with Crippen LogP contribution in [0.25, 0.3) is 17.0 Å². The molecule has 0 saturated carbocycles. The number of aryl methyl sites for hydroxylation is 1. The van der Waals surface area contributed by atoms with Gasteiger partial charge in [-0.15, -0.1) is 0 Å². The van der Waals surface area contributed by atoms with Crippen molar-refractivity contribution in [2.75, 3.05) is 0 Å². The van der Waals surface area contributed by atoms with Crippen LogP contribution in [0.1, 0.15) is 38.3 Å². The van der Waals surface area contributed by atoms with Gasteiger partial charge in [0.2, 0.25) is 0 Å². The number of furan rings is 1. The summed E-state index contributed by atoms with van der Waals surface area (Å²) in [5.74, 6) is 1.42. The maximum atomic E-state index is 12.9. The van der Waals surface area contributed by atoms with Crippen LogP contribution >= 0.6 is 15.9 Å². The summed E-state index contributed by atoms with van der Waals surface area (Å²) in [6, 6.07) is 9.22. The van der Waals surface area contributed by atoms with E-state index in [9.17, 15) is 4.79 Å². The van der Waals surface area contributed by atoms with Crippen molar-refractivity contribution in [2.45, 2.75) is 33.1 Å². The van der Waals surface area contributed by atoms with E-state index < -0.39 is 0 Å². The molecule has 0 saturated heterocycles. The highest BCUT2D eigenvalue weighted by Crippen LogP contribution is 2.16. The van der Waals surface area contributed by atoms with E-state index in [1.165, 1.54) is 4.68 Å². The molecule has 0 amide bonds. The topological polar surface area (TPSA) is 60.4 Å². The average Bonchev–Trinajstić information content (AvgIpc) is 3.13. The third kappa shape index (κ3) is 4.19. The van der Waals surface area contributed by atoms with Crippen LogP contribution < -0.4 is 5.56 Å². The number of benzene rings is 1. The molecule has 0 aliphatic heterocycles. The summed E-state index contributed by atoms with van der Waals surface area (Å²) >= 11 is 3.41. The molecular weight excluding hydrogens is 394 g/mol. The largest absolute Gasteiger partial charge is 0.465 e. The van der Waals surface area contributed by atoms with Crippen molar-refractivity contribution in [3.63, 3.8) is 0 Å². The summed E-state index contributed by atoms with van der Waals surface area (Å²) < 4.78 is 7.55. The van der Waals surface area contributed by atoms with Crippen molar-refractivity contribution in [2.24, 2.45) is 5.10 Å². The Morgan fingerprint density at radius 1 is 1.38 bits per heavy atom. The fourth-order valence-corrected chi connectivity index (χ4v) is 2.96. The van der Waals surface area contributed by atoms with Gasteiger partial charge in [-0.25, -0.2) is 4.98 Å². The lowest BCUT2D eigenvalue weighted by atomic mass is 10.2. The molecule has 0 radical (unpaired) electrons. The second kappa shape index (κ2) is 8.27. The predicted molar refractivity (Wildman–Crippen MR) is 109 cm³/mol. The van der Waals surface area contributed by atoms with Crippen molar-refractivity contribution in [3.05, 3.63) is 68.6 Å². The first kappa shape index (κ1) is 18.3. The summed E-state index contributed by atoms with van der Waals surface area (Å²) in [6.45, 7) is 4.02. The second-order valence-corrected chi connectivity index (χ2v) is 6.97. The molecule has 3 aromatic rings. The molecule has 0 bridgehead atoms. The minimum Gasteiger partial charge on any atom is -0.465 e. The lowest BCUT2D eigenvalue weighted by Gasteiger charge is -2.09. The van der Waals surface area contributed by atoms with Gasteiger partial charge in [0.1, 0.15) is 11.6 Å². The summed E-state index contributed by atoms with van der Waals surface area (Å²) in [4.78, 5) is 17.6. The molecule has 2 heterocycles. The molecule has 5 nitrogen and oxygen atoms in total. The van der Waals surface area contributed by atoms with Crippen LogP contribution in [-0.2, 0) is 6.42 Å². The Morgan fingerprint density at radius 2 is 2.23 bits per heavy atom. The Kier molecular flexibility index (Phi) is 5.83. The summed E-state index contributed by atoms with van der Waals surface area (Å²) in [5.41, 5.74) is 1.41. The van der Waals surface area contributed by atoms with E-state index in [1.807, 2.05) is 37.3 Å². The molecule has 0 N–H and O–H groups in total. The SMILES string of the molecule is CCCCc1nc2ccc(Br)cc2c(=O)n1N=C/C(C)=C/c1ccco1. The van der Waals surface area contributed by atoms with Crippen LogP contribution in [0.15, 0.2) is 61.0 Å². The highest BCUT2D eigenvalue weighted by molar-refractivity contribution is 9.10. The third-order valence-electron chi connectivity index (χ3n) is 3.92. The minimum absolute atomic E-state index is 0.163. The summed E-state index contributed by atoms with van der Waals surface area (Å²) in [5, 5.41) is 4.96. The Morgan fingerprint density at radius 3 is 2.96 bits per heavy atom. The number of rotatable bonds is 6. The van der Waals surface area contributed by atoms with Crippen molar-refractivity contribution in [1.82, 2.24) is 9.66 Å². The number of hydrogen-bond donors (Lipinski definition) is 0. The van der Waals surface area contributed by atoms with E-state index in [0.717, 1.165) is 28.6 Å². The average molecular weight is 414 g/mol. The van der Waals surface area contributed by atoms with Gasteiger partial charge in [0.15, 0.2) is 0 Å². The lowest BCUT2D eigenvalue weighted by molar-refractivity contribution is 0.557. The zero-order chi connectivity index (χ0) is 18.5. The standard InChI is InChI=1S/C20H20BrN3O2/c1-3-4-7-19-23-18-9-8-15(21)12-17(18)20(25)24(19)22-13-14(2)11-16-6-5-10-26-16/h5-6,8-13H,3-4,7H2,1-2H3/b14-11+,22-13?. The van der Waals surface area contributed by atoms with Crippen LogP contribution in [0.5, 0.6) is 0 Å². The van der Waals surface area contributed by atoms with Crippen molar-refractivity contribution in [3.8, 4) is 0 Å². The molecule has 6 heteroatoms. The Hall–Kier alpha value is -2.47. The smallest absolute Gasteiger partial charge is 0.282 e. The van der Waals surface area contributed by atoms with Gasteiger partial charge in [-0.1, -0.05) is 29.3 Å². The molecule has 26 heavy (non-hydrogen) atoms. The van der Waals surface area contributed by atoms with E-state index in [0.29, 0.717) is 23.1 Å². The van der Waals surface area contributed by atoms with E-state index >= 15 is 0 Å². The van der Waals surface area contributed by atoms with E-state index in [-0.39, 0.29) is 5.56 Å². The van der Waals surface area contributed by atoms with Crippen LogP contribution in [0.2, 0.25) is 0 Å². The molecule has 0 unspecified atom stereocenters. The quantitative estimate of drug-likeness (QED) is 0.532.